The molecule has 9 nitrogen and oxygen atoms in total. The lowest BCUT2D eigenvalue weighted by Crippen LogP contribution is -2.32. The van der Waals surface area contributed by atoms with E-state index >= 15 is 4.39 Å². The van der Waals surface area contributed by atoms with E-state index < -0.39 is 0 Å². The van der Waals surface area contributed by atoms with Gasteiger partial charge < -0.3 is 9.30 Å². The first kappa shape index (κ1) is 27.4. The summed E-state index contributed by atoms with van der Waals surface area (Å²) >= 11 is 0. The highest BCUT2D eigenvalue weighted by Crippen LogP contribution is 2.43. The van der Waals surface area contributed by atoms with E-state index in [-0.39, 0.29) is 18.3 Å². The van der Waals surface area contributed by atoms with Crippen molar-refractivity contribution in [3.8, 4) is 28.6 Å². The molecule has 1 saturated heterocycles. The van der Waals surface area contributed by atoms with E-state index in [1.165, 1.54) is 0 Å². The monoisotopic (exact) mass is 577 g/mol. The molecule has 0 unspecified atom stereocenters. The van der Waals surface area contributed by atoms with Crippen LogP contribution in [0, 0.1) is 17.1 Å². The third-order valence-corrected chi connectivity index (χ3v) is 8.81. The molecular formula is C33H32FN7O2. The van der Waals surface area contributed by atoms with Crippen LogP contribution < -0.4 is 4.90 Å². The Kier molecular flexibility index (Phi) is 7.00. The van der Waals surface area contributed by atoms with Crippen molar-refractivity contribution in [1.29, 1.82) is 5.26 Å². The van der Waals surface area contributed by atoms with E-state index in [0.717, 1.165) is 60.2 Å². The first-order valence-electron chi connectivity index (χ1n) is 14.7. The van der Waals surface area contributed by atoms with Crippen molar-refractivity contribution in [3.63, 3.8) is 0 Å². The van der Waals surface area contributed by atoms with Gasteiger partial charge in [-0.1, -0.05) is 6.07 Å². The molecule has 1 saturated carbocycles. The van der Waals surface area contributed by atoms with Crippen LogP contribution in [-0.4, -0.2) is 56.9 Å². The zero-order valence-corrected chi connectivity index (χ0v) is 24.3. The quantitative estimate of drug-likeness (QED) is 0.284. The Balaban J connectivity index is 1.25. The molecule has 10 heteroatoms. The number of amides is 1. The second-order valence-corrected chi connectivity index (χ2v) is 11.8. The number of rotatable bonds is 8. The lowest BCUT2D eigenvalue weighted by molar-refractivity contribution is 0.0995. The van der Waals surface area contributed by atoms with E-state index in [1.54, 1.807) is 30.5 Å². The molecule has 2 aromatic carbocycles. The van der Waals surface area contributed by atoms with Gasteiger partial charge in [-0.25, -0.2) is 9.37 Å². The molecular weight excluding hydrogens is 545 g/mol. The van der Waals surface area contributed by atoms with E-state index in [4.69, 9.17) is 9.72 Å². The standard InChI is InChI=1S/C33H32FN7O2/c1-39-19-36-38-32(39)26-10-20(15-35)5-8-25(26)23-13-30(22-6-7-22)37-31(14-23)41-17-28-27(33(41)42)11-21(12-29(28)34)16-40-9-3-4-24(40)18-43-2/h5,8,10-14,19,22,24H,3-4,6-7,9,16-18H2,1-2H3/t24-/m1/s1. The molecule has 0 spiro atoms. The summed E-state index contributed by atoms with van der Waals surface area (Å²) in [5, 5.41) is 17.9. The molecule has 1 atom stereocenters. The van der Waals surface area contributed by atoms with Gasteiger partial charge in [-0.05, 0) is 85.3 Å². The maximum absolute atomic E-state index is 15.5. The second kappa shape index (κ2) is 11.0. The first-order valence-corrected chi connectivity index (χ1v) is 14.7. The van der Waals surface area contributed by atoms with Crippen molar-refractivity contribution in [2.75, 3.05) is 25.2 Å². The Bertz CT molecular complexity index is 1770. The highest BCUT2D eigenvalue weighted by atomic mass is 19.1. The van der Waals surface area contributed by atoms with Gasteiger partial charge in [0.1, 0.15) is 18.0 Å². The molecule has 0 bridgehead atoms. The van der Waals surface area contributed by atoms with Crippen LogP contribution >= 0.6 is 0 Å². The summed E-state index contributed by atoms with van der Waals surface area (Å²) in [4.78, 5) is 22.7. The molecule has 0 radical (unpaired) electrons. The van der Waals surface area contributed by atoms with E-state index in [2.05, 4.69) is 27.2 Å². The number of hydrogen-bond acceptors (Lipinski definition) is 7. The summed E-state index contributed by atoms with van der Waals surface area (Å²) < 4.78 is 22.7. The predicted molar refractivity (Wildman–Crippen MR) is 159 cm³/mol. The SMILES string of the molecule is COC[C@H]1CCCN1Cc1cc(F)c2c(c1)C(=O)N(c1cc(-c3ccc(C#N)cc3-c3nncn3C)cc(C3CC3)n1)C2. The molecule has 4 aromatic rings. The van der Waals surface area contributed by atoms with Crippen LogP contribution in [0.2, 0.25) is 0 Å². The number of carbonyl (C=O) groups excluding carboxylic acids is 1. The fourth-order valence-electron chi connectivity index (χ4n) is 6.41. The largest absolute Gasteiger partial charge is 0.383 e. The number of aryl methyl sites for hydroxylation is 1. The van der Waals surface area contributed by atoms with Crippen molar-refractivity contribution in [1.82, 2.24) is 24.6 Å². The number of anilines is 1. The molecule has 1 aliphatic carbocycles. The minimum Gasteiger partial charge on any atom is -0.383 e. The number of pyridine rings is 1. The molecule has 2 aromatic heterocycles. The molecule has 0 N–H and O–H groups in total. The molecule has 2 aliphatic heterocycles. The minimum atomic E-state index is -0.360. The van der Waals surface area contributed by atoms with Crippen molar-refractivity contribution in [3.05, 3.63) is 82.6 Å². The van der Waals surface area contributed by atoms with E-state index in [1.807, 2.05) is 35.9 Å². The second-order valence-electron chi connectivity index (χ2n) is 11.8. The lowest BCUT2D eigenvalue weighted by Gasteiger charge is -2.24. The Morgan fingerprint density at radius 3 is 2.70 bits per heavy atom. The van der Waals surface area contributed by atoms with Crippen LogP contribution in [0.1, 0.15) is 64.3 Å². The number of halogens is 1. The minimum absolute atomic E-state index is 0.125. The van der Waals surface area contributed by atoms with Crippen LogP contribution in [0.5, 0.6) is 0 Å². The van der Waals surface area contributed by atoms with Crippen LogP contribution in [0.25, 0.3) is 22.5 Å². The number of carbonyl (C=O) groups is 1. The van der Waals surface area contributed by atoms with Gasteiger partial charge in [0, 0.05) is 55.0 Å². The van der Waals surface area contributed by atoms with E-state index in [0.29, 0.717) is 53.4 Å². The van der Waals surface area contributed by atoms with Crippen molar-refractivity contribution in [2.45, 2.75) is 50.7 Å². The number of benzene rings is 2. The number of aromatic nitrogens is 4. The summed E-state index contributed by atoms with van der Waals surface area (Å²) in [7, 11) is 3.56. The fraction of sp³-hybridized carbons (Fsp3) is 0.364. The number of methoxy groups -OCH3 is 1. The first-order chi connectivity index (χ1) is 20.9. The van der Waals surface area contributed by atoms with Crippen LogP contribution in [0.15, 0.2) is 48.8 Å². The number of hydrogen-bond donors (Lipinski definition) is 0. The van der Waals surface area contributed by atoms with Gasteiger partial charge in [0.05, 0.1) is 24.8 Å². The van der Waals surface area contributed by atoms with Gasteiger partial charge in [0.15, 0.2) is 5.82 Å². The normalized spacial score (nSPS) is 18.3. The van der Waals surface area contributed by atoms with Crippen LogP contribution in [0.3, 0.4) is 0 Å². The van der Waals surface area contributed by atoms with Gasteiger partial charge in [-0.15, -0.1) is 10.2 Å². The van der Waals surface area contributed by atoms with Gasteiger partial charge in [0.25, 0.3) is 5.91 Å². The van der Waals surface area contributed by atoms with Gasteiger partial charge in [0.2, 0.25) is 0 Å². The Labute approximate surface area is 249 Å². The Hall–Kier alpha value is -4.46. The van der Waals surface area contributed by atoms with E-state index in [9.17, 15) is 10.1 Å². The summed E-state index contributed by atoms with van der Waals surface area (Å²) in [6, 6.07) is 15.4. The lowest BCUT2D eigenvalue weighted by atomic mass is 9.96. The third-order valence-electron chi connectivity index (χ3n) is 8.81. The molecule has 2 fully saturated rings. The van der Waals surface area contributed by atoms with Crippen molar-refractivity contribution < 1.29 is 13.9 Å². The maximum atomic E-state index is 15.5. The number of nitrogens with zero attached hydrogens (tertiary/aromatic N) is 7. The molecule has 3 aliphatic rings. The summed E-state index contributed by atoms with van der Waals surface area (Å²) in [5.74, 6) is 0.837. The number of likely N-dealkylation sites (tertiary alicyclic amines) is 1. The third kappa shape index (κ3) is 5.09. The summed E-state index contributed by atoms with van der Waals surface area (Å²) in [5.41, 5.74) is 5.49. The van der Waals surface area contributed by atoms with Gasteiger partial charge in [-0.2, -0.15) is 5.26 Å². The average molecular weight is 578 g/mol. The van der Waals surface area contributed by atoms with Crippen molar-refractivity contribution >= 4 is 11.7 Å². The smallest absolute Gasteiger partial charge is 0.260 e. The zero-order chi connectivity index (χ0) is 29.7. The number of nitriles is 1. The molecule has 7 rings (SSSR count). The molecule has 218 valence electrons. The number of ether oxygens (including phenoxy) is 1. The topological polar surface area (TPSA) is 100 Å². The summed E-state index contributed by atoms with van der Waals surface area (Å²) in [6.45, 7) is 2.27. The summed E-state index contributed by atoms with van der Waals surface area (Å²) in [6.07, 6.45) is 5.82. The predicted octanol–water partition coefficient (Wildman–Crippen LogP) is 5.20. The Morgan fingerprint density at radius 2 is 1.95 bits per heavy atom. The zero-order valence-electron chi connectivity index (χ0n) is 24.3. The van der Waals surface area contributed by atoms with Crippen molar-refractivity contribution in [2.24, 2.45) is 7.05 Å². The van der Waals surface area contributed by atoms with Crippen LogP contribution in [0.4, 0.5) is 10.2 Å². The average Bonchev–Trinajstić information content (AvgIpc) is 3.50. The molecule has 1 amide bonds. The fourth-order valence-corrected chi connectivity index (χ4v) is 6.41. The highest BCUT2D eigenvalue weighted by Gasteiger charge is 2.35. The molecule has 43 heavy (non-hydrogen) atoms. The van der Waals surface area contributed by atoms with Crippen LogP contribution in [-0.2, 0) is 24.9 Å². The highest BCUT2D eigenvalue weighted by molar-refractivity contribution is 6.10. The Morgan fingerprint density at radius 1 is 1.09 bits per heavy atom. The number of fused-ring (bicyclic) bond motifs is 1. The maximum Gasteiger partial charge on any atom is 0.260 e. The van der Waals surface area contributed by atoms with Gasteiger partial charge >= 0.3 is 0 Å². The van der Waals surface area contributed by atoms with Gasteiger partial charge in [-0.3, -0.25) is 14.6 Å². The molecule has 4 heterocycles.